The van der Waals surface area contributed by atoms with E-state index in [4.69, 9.17) is 10.7 Å². The fraction of sp³-hybridized carbons (Fsp3) is 0.118. The molecule has 0 spiro atoms. The minimum absolute atomic E-state index is 0.576. The van der Waals surface area contributed by atoms with Crippen LogP contribution in [0.2, 0.25) is 0 Å². The second-order valence-electron chi connectivity index (χ2n) is 4.80. The molecule has 0 unspecified atom stereocenters. The summed E-state index contributed by atoms with van der Waals surface area (Å²) in [6.45, 7) is 2.67. The molecule has 0 bridgehead atoms. The Kier molecular flexibility index (Phi) is 3.63. The predicted molar refractivity (Wildman–Crippen MR) is 85.6 cm³/mol. The van der Waals surface area contributed by atoms with Gasteiger partial charge in [-0.1, -0.05) is 54.1 Å². The first-order valence-corrected chi connectivity index (χ1v) is 7.46. The van der Waals surface area contributed by atoms with Gasteiger partial charge in [0.1, 0.15) is 5.01 Å². The topological polar surface area (TPSA) is 38.9 Å². The van der Waals surface area contributed by atoms with E-state index in [1.54, 1.807) is 11.3 Å². The predicted octanol–water partition coefficient (Wildman–Crippen LogP) is 4.24. The monoisotopic (exact) mass is 280 g/mol. The van der Waals surface area contributed by atoms with E-state index in [2.05, 4.69) is 60.8 Å². The summed E-state index contributed by atoms with van der Waals surface area (Å²) in [5.74, 6) is 0. The zero-order chi connectivity index (χ0) is 13.9. The van der Waals surface area contributed by atoms with Crippen molar-refractivity contribution in [1.29, 1.82) is 0 Å². The quantitative estimate of drug-likeness (QED) is 0.779. The maximum atomic E-state index is 5.62. The number of hydrogen-bond acceptors (Lipinski definition) is 3. The van der Waals surface area contributed by atoms with Crippen molar-refractivity contribution in [2.75, 3.05) is 0 Å². The Hall–Kier alpha value is -1.97. The molecule has 3 rings (SSSR count). The summed E-state index contributed by atoms with van der Waals surface area (Å²) in [7, 11) is 0. The van der Waals surface area contributed by atoms with E-state index in [0.29, 0.717) is 6.54 Å². The molecular formula is C17H16N2S. The van der Waals surface area contributed by atoms with Crippen molar-refractivity contribution in [3.63, 3.8) is 0 Å². The summed E-state index contributed by atoms with van der Waals surface area (Å²) in [5.41, 5.74) is 11.4. The Balaban J connectivity index is 1.91. The molecule has 3 aromatic rings. The van der Waals surface area contributed by atoms with E-state index in [1.165, 1.54) is 5.56 Å². The summed E-state index contributed by atoms with van der Waals surface area (Å²) >= 11 is 1.67. The highest BCUT2D eigenvalue weighted by atomic mass is 32.1. The smallest absolute Gasteiger partial charge is 0.124 e. The third-order valence-corrected chi connectivity index (χ3v) is 4.18. The molecule has 0 atom stereocenters. The molecule has 1 heterocycles. The van der Waals surface area contributed by atoms with Gasteiger partial charge in [-0.15, -0.1) is 11.3 Å². The van der Waals surface area contributed by atoms with Gasteiger partial charge in [-0.05, 0) is 12.5 Å². The van der Waals surface area contributed by atoms with Gasteiger partial charge in [0.15, 0.2) is 0 Å². The molecular weight excluding hydrogens is 264 g/mol. The van der Waals surface area contributed by atoms with Gasteiger partial charge in [-0.2, -0.15) is 0 Å². The Morgan fingerprint density at radius 1 is 0.950 bits per heavy atom. The average molecular weight is 280 g/mol. The summed E-state index contributed by atoms with van der Waals surface area (Å²) in [4.78, 5) is 4.72. The van der Waals surface area contributed by atoms with Crippen LogP contribution >= 0.6 is 11.3 Å². The molecule has 0 aliphatic rings. The molecule has 0 saturated carbocycles. The van der Waals surface area contributed by atoms with E-state index in [0.717, 1.165) is 27.4 Å². The van der Waals surface area contributed by atoms with Crippen molar-refractivity contribution in [2.24, 2.45) is 5.73 Å². The number of nitrogens with two attached hydrogens (primary N) is 1. The maximum absolute atomic E-state index is 5.62. The van der Waals surface area contributed by atoms with E-state index in [-0.39, 0.29) is 0 Å². The fourth-order valence-corrected chi connectivity index (χ4v) is 2.88. The second kappa shape index (κ2) is 5.57. The Bertz CT molecular complexity index is 697. The van der Waals surface area contributed by atoms with Gasteiger partial charge < -0.3 is 5.73 Å². The lowest BCUT2D eigenvalue weighted by atomic mass is 10.1. The lowest BCUT2D eigenvalue weighted by Crippen LogP contribution is -1.95. The molecule has 20 heavy (non-hydrogen) atoms. The van der Waals surface area contributed by atoms with Crippen molar-refractivity contribution >= 4 is 11.3 Å². The van der Waals surface area contributed by atoms with Gasteiger partial charge in [0.05, 0.1) is 5.69 Å². The van der Waals surface area contributed by atoms with Gasteiger partial charge in [-0.3, -0.25) is 0 Å². The second-order valence-corrected chi connectivity index (χ2v) is 5.66. The van der Waals surface area contributed by atoms with Crippen LogP contribution in [-0.4, -0.2) is 4.98 Å². The van der Waals surface area contributed by atoms with Crippen LogP contribution in [0.1, 0.15) is 11.1 Å². The molecule has 100 valence electrons. The van der Waals surface area contributed by atoms with Gasteiger partial charge in [0.25, 0.3) is 0 Å². The largest absolute Gasteiger partial charge is 0.326 e. The van der Waals surface area contributed by atoms with Crippen LogP contribution in [0.5, 0.6) is 0 Å². The standard InChI is InChI=1S/C17H16N2S/c1-12-2-6-14(7-3-12)16-11-20-17(19-16)15-8-4-13(10-18)5-9-15/h2-9,11H,10,18H2,1H3. The lowest BCUT2D eigenvalue weighted by Gasteiger charge is -1.99. The normalized spacial score (nSPS) is 10.7. The lowest BCUT2D eigenvalue weighted by molar-refractivity contribution is 1.07. The molecule has 0 fully saturated rings. The number of benzene rings is 2. The van der Waals surface area contributed by atoms with Gasteiger partial charge in [0.2, 0.25) is 0 Å². The first-order chi connectivity index (χ1) is 9.76. The van der Waals surface area contributed by atoms with Crippen molar-refractivity contribution in [2.45, 2.75) is 13.5 Å². The number of nitrogens with zero attached hydrogens (tertiary/aromatic N) is 1. The molecule has 2 aromatic carbocycles. The number of aromatic nitrogens is 1. The first kappa shape index (κ1) is 13.0. The molecule has 3 heteroatoms. The number of hydrogen-bond donors (Lipinski definition) is 1. The minimum atomic E-state index is 0.576. The van der Waals surface area contributed by atoms with Crippen LogP contribution in [0, 0.1) is 6.92 Å². The zero-order valence-corrected chi connectivity index (χ0v) is 12.2. The van der Waals surface area contributed by atoms with Crippen LogP contribution in [0.3, 0.4) is 0 Å². The Morgan fingerprint density at radius 2 is 1.60 bits per heavy atom. The zero-order valence-electron chi connectivity index (χ0n) is 11.3. The molecule has 2 nitrogen and oxygen atoms in total. The van der Waals surface area contributed by atoms with Gasteiger partial charge in [-0.25, -0.2) is 4.98 Å². The maximum Gasteiger partial charge on any atom is 0.124 e. The number of rotatable bonds is 3. The third kappa shape index (κ3) is 2.64. The number of aryl methyl sites for hydroxylation is 1. The molecule has 0 aliphatic heterocycles. The van der Waals surface area contributed by atoms with Crippen LogP contribution in [0.4, 0.5) is 0 Å². The van der Waals surface area contributed by atoms with Crippen LogP contribution in [0.25, 0.3) is 21.8 Å². The van der Waals surface area contributed by atoms with Crippen LogP contribution in [0.15, 0.2) is 53.9 Å². The summed E-state index contributed by atoms with van der Waals surface area (Å²) in [6, 6.07) is 16.7. The first-order valence-electron chi connectivity index (χ1n) is 6.58. The van der Waals surface area contributed by atoms with Crippen molar-refractivity contribution in [3.8, 4) is 21.8 Å². The Labute approximate surface area is 122 Å². The van der Waals surface area contributed by atoms with Crippen LogP contribution < -0.4 is 5.73 Å². The van der Waals surface area contributed by atoms with Crippen molar-refractivity contribution in [3.05, 3.63) is 65.0 Å². The van der Waals surface area contributed by atoms with Gasteiger partial charge in [0, 0.05) is 23.1 Å². The highest BCUT2D eigenvalue weighted by Crippen LogP contribution is 2.29. The summed E-state index contributed by atoms with van der Waals surface area (Å²) in [5, 5.41) is 3.15. The summed E-state index contributed by atoms with van der Waals surface area (Å²) in [6.07, 6.45) is 0. The highest BCUT2D eigenvalue weighted by molar-refractivity contribution is 7.13. The molecule has 1 aromatic heterocycles. The molecule has 0 aliphatic carbocycles. The van der Waals surface area contributed by atoms with E-state index in [9.17, 15) is 0 Å². The average Bonchev–Trinajstić information content (AvgIpc) is 2.98. The van der Waals surface area contributed by atoms with E-state index >= 15 is 0 Å². The fourth-order valence-electron chi connectivity index (χ4n) is 2.05. The Morgan fingerprint density at radius 3 is 2.25 bits per heavy atom. The van der Waals surface area contributed by atoms with Crippen LogP contribution in [-0.2, 0) is 6.54 Å². The minimum Gasteiger partial charge on any atom is -0.326 e. The van der Waals surface area contributed by atoms with Gasteiger partial charge >= 0.3 is 0 Å². The van der Waals surface area contributed by atoms with E-state index < -0.39 is 0 Å². The summed E-state index contributed by atoms with van der Waals surface area (Å²) < 4.78 is 0. The highest BCUT2D eigenvalue weighted by Gasteiger charge is 2.06. The SMILES string of the molecule is Cc1ccc(-c2csc(-c3ccc(CN)cc3)n2)cc1. The van der Waals surface area contributed by atoms with Crippen molar-refractivity contribution < 1.29 is 0 Å². The molecule has 0 amide bonds. The third-order valence-electron chi connectivity index (χ3n) is 3.29. The van der Waals surface area contributed by atoms with E-state index in [1.807, 2.05) is 0 Å². The van der Waals surface area contributed by atoms with Crippen molar-refractivity contribution in [1.82, 2.24) is 4.98 Å². The molecule has 0 radical (unpaired) electrons. The molecule has 0 saturated heterocycles. The molecule has 2 N–H and O–H groups in total. The number of thiazole rings is 1.